The first-order valence-corrected chi connectivity index (χ1v) is 7.12. The Bertz CT molecular complexity index is 467. The maximum absolute atomic E-state index is 4.17. The molecule has 0 fully saturated rings. The normalized spacial score (nSPS) is 11.9. The Kier molecular flexibility index (Phi) is 4.14. The summed E-state index contributed by atoms with van der Waals surface area (Å²) < 4.78 is 1.91. The third-order valence-corrected chi connectivity index (χ3v) is 3.33. The Hall–Kier alpha value is -1.20. The summed E-state index contributed by atoms with van der Waals surface area (Å²) in [7, 11) is 0. The van der Waals surface area contributed by atoms with Crippen molar-refractivity contribution in [2.45, 2.75) is 45.8 Å². The molecule has 5 heteroatoms. The van der Waals surface area contributed by atoms with E-state index in [0.29, 0.717) is 0 Å². The molecule has 0 amide bonds. The first-order valence-electron chi connectivity index (χ1n) is 6.18. The van der Waals surface area contributed by atoms with Gasteiger partial charge in [-0.25, -0.2) is 0 Å². The van der Waals surface area contributed by atoms with Crippen LogP contribution >= 0.6 is 11.3 Å². The van der Waals surface area contributed by atoms with Gasteiger partial charge in [0, 0.05) is 24.8 Å². The number of aromatic nitrogens is 3. The molecule has 0 aliphatic carbocycles. The zero-order chi connectivity index (χ0) is 13.0. The Morgan fingerprint density at radius 1 is 1.39 bits per heavy atom. The number of thiophene rings is 1. The van der Waals surface area contributed by atoms with Crippen molar-refractivity contribution in [3.63, 3.8) is 0 Å². The van der Waals surface area contributed by atoms with Gasteiger partial charge in [0.25, 0.3) is 0 Å². The van der Waals surface area contributed by atoms with Crippen molar-refractivity contribution in [3.8, 4) is 0 Å². The van der Waals surface area contributed by atoms with Crippen LogP contribution in [-0.2, 0) is 19.5 Å². The molecule has 0 unspecified atom stereocenters. The minimum absolute atomic E-state index is 0.112. The molecule has 0 saturated carbocycles. The Balaban J connectivity index is 1.82. The molecule has 18 heavy (non-hydrogen) atoms. The van der Waals surface area contributed by atoms with E-state index < -0.39 is 0 Å². The first-order chi connectivity index (χ1) is 8.53. The summed E-state index contributed by atoms with van der Waals surface area (Å²) >= 11 is 1.74. The molecule has 0 aromatic carbocycles. The fourth-order valence-corrected chi connectivity index (χ4v) is 2.27. The monoisotopic (exact) mass is 264 g/mol. The molecule has 0 aliphatic rings. The van der Waals surface area contributed by atoms with Gasteiger partial charge >= 0.3 is 0 Å². The molecule has 0 radical (unpaired) electrons. The molecule has 1 N–H and O–H groups in total. The zero-order valence-electron chi connectivity index (χ0n) is 11.2. The van der Waals surface area contributed by atoms with E-state index in [1.807, 2.05) is 10.9 Å². The summed E-state index contributed by atoms with van der Waals surface area (Å²) in [5.41, 5.74) is 2.47. The van der Waals surface area contributed by atoms with Crippen LogP contribution in [0.4, 0.5) is 0 Å². The summed E-state index contributed by atoms with van der Waals surface area (Å²) in [6.07, 6.45) is 3.03. The maximum atomic E-state index is 4.17. The molecule has 0 saturated heterocycles. The zero-order valence-corrected chi connectivity index (χ0v) is 12.0. The summed E-state index contributed by atoms with van der Waals surface area (Å²) in [6, 6.07) is 2.16. The van der Waals surface area contributed by atoms with E-state index in [1.54, 1.807) is 11.3 Å². The van der Waals surface area contributed by atoms with Crippen molar-refractivity contribution < 1.29 is 0 Å². The number of nitrogens with zero attached hydrogens (tertiary/aromatic N) is 3. The number of hydrogen-bond donors (Lipinski definition) is 1. The highest BCUT2D eigenvalue weighted by atomic mass is 32.1. The predicted octanol–water partition coefficient (Wildman–Crippen LogP) is 2.47. The minimum atomic E-state index is 0.112. The van der Waals surface area contributed by atoms with Crippen LogP contribution in [0.2, 0.25) is 0 Å². The Morgan fingerprint density at radius 3 is 2.89 bits per heavy atom. The molecule has 0 bridgehead atoms. The topological polar surface area (TPSA) is 42.7 Å². The summed E-state index contributed by atoms with van der Waals surface area (Å²) in [5.74, 6) is 0. The Labute approximate surface area is 112 Å². The second-order valence-electron chi connectivity index (χ2n) is 5.46. The molecule has 98 valence electrons. The fourth-order valence-electron chi connectivity index (χ4n) is 1.56. The second-order valence-corrected chi connectivity index (χ2v) is 6.24. The number of hydrogen-bond acceptors (Lipinski definition) is 4. The molecule has 0 spiro atoms. The van der Waals surface area contributed by atoms with Crippen LogP contribution in [0.3, 0.4) is 0 Å². The van der Waals surface area contributed by atoms with Crippen LogP contribution in [0.25, 0.3) is 0 Å². The van der Waals surface area contributed by atoms with E-state index in [9.17, 15) is 0 Å². The van der Waals surface area contributed by atoms with Crippen LogP contribution in [0, 0.1) is 0 Å². The molecule has 2 heterocycles. The quantitative estimate of drug-likeness (QED) is 0.902. The molecule has 0 aliphatic heterocycles. The lowest BCUT2D eigenvalue weighted by molar-refractivity contribution is 0.421. The minimum Gasteiger partial charge on any atom is -0.306 e. The predicted molar refractivity (Wildman–Crippen MR) is 74.6 cm³/mol. The average molecular weight is 264 g/mol. The van der Waals surface area contributed by atoms with Gasteiger partial charge in [-0.05, 0) is 49.6 Å². The van der Waals surface area contributed by atoms with Crippen LogP contribution in [0.15, 0.2) is 23.0 Å². The van der Waals surface area contributed by atoms with Gasteiger partial charge in [0.15, 0.2) is 0 Å². The van der Waals surface area contributed by atoms with Crippen molar-refractivity contribution >= 4 is 11.3 Å². The first kappa shape index (κ1) is 13.2. The van der Waals surface area contributed by atoms with Crippen molar-refractivity contribution in [1.82, 2.24) is 20.3 Å². The van der Waals surface area contributed by atoms with E-state index in [2.05, 4.69) is 53.2 Å². The molecule has 4 nitrogen and oxygen atoms in total. The highest BCUT2D eigenvalue weighted by Gasteiger charge is 2.10. The van der Waals surface area contributed by atoms with Crippen LogP contribution in [0.1, 0.15) is 32.0 Å². The third kappa shape index (κ3) is 4.23. The average Bonchev–Trinajstić information content (AvgIpc) is 2.94. The Morgan fingerprint density at radius 2 is 2.22 bits per heavy atom. The highest BCUT2D eigenvalue weighted by Crippen LogP contribution is 2.07. The summed E-state index contributed by atoms with van der Waals surface area (Å²) in [6.45, 7) is 8.09. The van der Waals surface area contributed by atoms with Crippen LogP contribution < -0.4 is 5.32 Å². The largest absolute Gasteiger partial charge is 0.306 e. The van der Waals surface area contributed by atoms with Gasteiger partial charge in [-0.3, -0.25) is 4.68 Å². The van der Waals surface area contributed by atoms with E-state index in [4.69, 9.17) is 0 Å². The maximum Gasteiger partial charge on any atom is 0.0965 e. The van der Waals surface area contributed by atoms with E-state index >= 15 is 0 Å². The molecule has 2 aromatic heterocycles. The molecular formula is C13H20N4S. The number of aryl methyl sites for hydroxylation is 2. The smallest absolute Gasteiger partial charge is 0.0965 e. The van der Waals surface area contributed by atoms with Crippen LogP contribution in [-0.4, -0.2) is 20.5 Å². The lowest BCUT2D eigenvalue weighted by Gasteiger charge is -2.19. The fraction of sp³-hybridized carbons (Fsp3) is 0.538. The lowest BCUT2D eigenvalue weighted by atomic mass is 10.1. The van der Waals surface area contributed by atoms with Crippen molar-refractivity contribution in [3.05, 3.63) is 34.3 Å². The molecule has 2 rings (SSSR count). The molecular weight excluding hydrogens is 244 g/mol. The van der Waals surface area contributed by atoms with E-state index in [1.165, 1.54) is 5.56 Å². The van der Waals surface area contributed by atoms with Gasteiger partial charge in [-0.15, -0.1) is 5.10 Å². The lowest BCUT2D eigenvalue weighted by Crippen LogP contribution is -2.35. The van der Waals surface area contributed by atoms with Crippen molar-refractivity contribution in [1.29, 1.82) is 0 Å². The van der Waals surface area contributed by atoms with Gasteiger partial charge in [0.1, 0.15) is 0 Å². The van der Waals surface area contributed by atoms with Gasteiger partial charge in [-0.2, -0.15) is 11.3 Å². The highest BCUT2D eigenvalue weighted by molar-refractivity contribution is 7.07. The van der Waals surface area contributed by atoms with Gasteiger partial charge in [-0.1, -0.05) is 5.21 Å². The number of nitrogens with one attached hydrogen (secondary N) is 1. The number of rotatable bonds is 5. The standard InChI is InChI=1S/C13H20N4S/c1-13(2,3)14-8-12-9-17(16-15-12)6-4-11-5-7-18-10-11/h5,7,9-10,14H,4,6,8H2,1-3H3. The van der Waals surface area contributed by atoms with Gasteiger partial charge < -0.3 is 5.32 Å². The molecule has 0 atom stereocenters. The second kappa shape index (κ2) is 5.63. The van der Waals surface area contributed by atoms with Crippen molar-refractivity contribution in [2.24, 2.45) is 0 Å². The molecule has 2 aromatic rings. The van der Waals surface area contributed by atoms with Gasteiger partial charge in [0.2, 0.25) is 0 Å². The third-order valence-electron chi connectivity index (χ3n) is 2.60. The summed E-state index contributed by atoms with van der Waals surface area (Å²) in [5, 5.41) is 16.0. The van der Waals surface area contributed by atoms with E-state index in [-0.39, 0.29) is 5.54 Å². The van der Waals surface area contributed by atoms with Crippen LogP contribution in [0.5, 0.6) is 0 Å². The van der Waals surface area contributed by atoms with E-state index in [0.717, 1.165) is 25.2 Å². The van der Waals surface area contributed by atoms with Gasteiger partial charge in [0.05, 0.1) is 5.69 Å². The van der Waals surface area contributed by atoms with Crippen molar-refractivity contribution in [2.75, 3.05) is 0 Å². The summed E-state index contributed by atoms with van der Waals surface area (Å²) in [4.78, 5) is 0. The SMILES string of the molecule is CC(C)(C)NCc1cn(CCc2ccsc2)nn1.